The number of rotatable bonds is 4. The molecule has 0 spiro atoms. The Morgan fingerprint density at radius 2 is 1.94 bits per heavy atom. The Labute approximate surface area is 184 Å². The summed E-state index contributed by atoms with van der Waals surface area (Å²) in [6.45, 7) is 6.54. The van der Waals surface area contributed by atoms with Crippen molar-refractivity contribution in [3.05, 3.63) is 23.5 Å². The minimum absolute atomic E-state index is 0.118. The number of pyridine rings is 1. The van der Waals surface area contributed by atoms with Crippen molar-refractivity contribution in [1.82, 2.24) is 25.1 Å². The molecule has 0 saturated carbocycles. The summed E-state index contributed by atoms with van der Waals surface area (Å²) >= 11 is 6.60. The number of nitrogens with two attached hydrogens (primary N) is 1. The highest BCUT2D eigenvalue weighted by Gasteiger charge is 2.27. The molecule has 0 atom stereocenters. The summed E-state index contributed by atoms with van der Waals surface area (Å²) in [5, 5.41) is 7.61. The summed E-state index contributed by atoms with van der Waals surface area (Å²) in [5.41, 5.74) is 7.23. The number of morpholine rings is 1. The second-order valence-electron chi connectivity index (χ2n) is 8.24. The highest BCUT2D eigenvalue weighted by atomic mass is 35.5. The fraction of sp³-hybridized carbons (Fsp3) is 0.500. The molecule has 5 heterocycles. The van der Waals surface area contributed by atoms with Crippen LogP contribution in [0.2, 0.25) is 5.02 Å². The molecule has 5 rings (SSSR count). The molecule has 2 saturated heterocycles. The highest BCUT2D eigenvalue weighted by Crippen LogP contribution is 2.36. The van der Waals surface area contributed by atoms with Gasteiger partial charge in [-0.05, 0) is 19.8 Å². The van der Waals surface area contributed by atoms with Crippen LogP contribution in [0.3, 0.4) is 0 Å². The average molecular weight is 445 g/mol. The van der Waals surface area contributed by atoms with Gasteiger partial charge in [-0.25, -0.2) is 15.0 Å². The van der Waals surface area contributed by atoms with Gasteiger partial charge in [0.25, 0.3) is 5.88 Å². The van der Waals surface area contributed by atoms with Crippen LogP contribution < -0.4 is 20.3 Å². The predicted octanol–water partition coefficient (Wildman–Crippen LogP) is 2.35. The summed E-state index contributed by atoms with van der Waals surface area (Å²) < 4.78 is 11.4. The SMILES string of the molecule is CC1(N)CCN(c2cnc3c(Oc4ccnc(N5CCOCC5)c4Cl)n[nH]c3n2)CC1. The largest absolute Gasteiger partial charge is 0.434 e. The molecule has 0 unspecified atom stereocenters. The monoisotopic (exact) mass is 444 g/mol. The zero-order valence-corrected chi connectivity index (χ0v) is 18.1. The van der Waals surface area contributed by atoms with Gasteiger partial charge in [0, 0.05) is 44.0 Å². The predicted molar refractivity (Wildman–Crippen MR) is 118 cm³/mol. The quantitative estimate of drug-likeness (QED) is 0.624. The first-order chi connectivity index (χ1) is 15.0. The Kier molecular flexibility index (Phi) is 5.28. The molecule has 2 aliphatic heterocycles. The Morgan fingerprint density at radius 1 is 1.16 bits per heavy atom. The number of aromatic nitrogens is 5. The number of H-pyrrole nitrogens is 1. The van der Waals surface area contributed by atoms with Crippen molar-refractivity contribution < 1.29 is 9.47 Å². The molecule has 0 bridgehead atoms. The van der Waals surface area contributed by atoms with E-state index >= 15 is 0 Å². The maximum Gasteiger partial charge on any atom is 0.266 e. The lowest BCUT2D eigenvalue weighted by molar-refractivity contribution is 0.122. The number of hydrogen-bond acceptors (Lipinski definition) is 9. The minimum atomic E-state index is -0.118. The molecule has 2 aliphatic rings. The lowest BCUT2D eigenvalue weighted by atomic mass is 9.91. The maximum absolute atomic E-state index is 6.60. The smallest absolute Gasteiger partial charge is 0.266 e. The fourth-order valence-electron chi connectivity index (χ4n) is 3.84. The number of nitrogens with one attached hydrogen (secondary N) is 1. The molecule has 164 valence electrons. The molecule has 3 aromatic heterocycles. The van der Waals surface area contributed by atoms with Gasteiger partial charge in [-0.3, -0.25) is 5.10 Å². The average Bonchev–Trinajstić information content (AvgIpc) is 3.18. The topological polar surface area (TPSA) is 118 Å². The van der Waals surface area contributed by atoms with Crippen molar-refractivity contribution in [3.8, 4) is 11.6 Å². The number of aromatic amines is 1. The van der Waals surface area contributed by atoms with Gasteiger partial charge in [0.1, 0.15) is 10.8 Å². The van der Waals surface area contributed by atoms with Crippen molar-refractivity contribution in [2.24, 2.45) is 5.73 Å². The van der Waals surface area contributed by atoms with Crippen LogP contribution in [0.1, 0.15) is 19.8 Å². The van der Waals surface area contributed by atoms with Crippen LogP contribution in [0.4, 0.5) is 11.6 Å². The number of anilines is 2. The first-order valence-corrected chi connectivity index (χ1v) is 10.8. The van der Waals surface area contributed by atoms with Gasteiger partial charge in [0.15, 0.2) is 22.7 Å². The van der Waals surface area contributed by atoms with E-state index in [0.717, 1.165) is 44.8 Å². The lowest BCUT2D eigenvalue weighted by Crippen LogP contribution is -2.48. The van der Waals surface area contributed by atoms with E-state index < -0.39 is 0 Å². The van der Waals surface area contributed by atoms with E-state index in [4.69, 9.17) is 26.8 Å². The third-order valence-corrected chi connectivity index (χ3v) is 6.16. The third kappa shape index (κ3) is 4.10. The van der Waals surface area contributed by atoms with Gasteiger partial charge < -0.3 is 25.0 Å². The molecule has 0 aromatic carbocycles. The second kappa shape index (κ2) is 8.10. The van der Waals surface area contributed by atoms with Gasteiger partial charge >= 0.3 is 0 Å². The lowest BCUT2D eigenvalue weighted by Gasteiger charge is -2.37. The second-order valence-corrected chi connectivity index (χ2v) is 8.62. The number of nitrogens with zero attached hydrogens (tertiary/aromatic N) is 6. The van der Waals surface area contributed by atoms with Crippen LogP contribution in [0.5, 0.6) is 11.6 Å². The third-order valence-electron chi connectivity index (χ3n) is 5.81. The van der Waals surface area contributed by atoms with Crippen molar-refractivity contribution in [2.45, 2.75) is 25.3 Å². The van der Waals surface area contributed by atoms with Gasteiger partial charge in [-0.1, -0.05) is 11.6 Å². The van der Waals surface area contributed by atoms with Gasteiger partial charge in [-0.2, -0.15) is 0 Å². The van der Waals surface area contributed by atoms with E-state index in [0.29, 0.717) is 46.8 Å². The number of ether oxygens (including phenoxy) is 2. The van der Waals surface area contributed by atoms with Gasteiger partial charge in [0.05, 0.1) is 19.4 Å². The molecule has 0 radical (unpaired) electrons. The fourth-order valence-corrected chi connectivity index (χ4v) is 4.11. The molecule has 2 fully saturated rings. The van der Waals surface area contributed by atoms with Crippen LogP contribution in [0.25, 0.3) is 11.2 Å². The van der Waals surface area contributed by atoms with Crippen LogP contribution >= 0.6 is 11.6 Å². The summed E-state index contributed by atoms with van der Waals surface area (Å²) in [6.07, 6.45) is 5.25. The van der Waals surface area contributed by atoms with E-state index in [-0.39, 0.29) is 5.54 Å². The van der Waals surface area contributed by atoms with Crippen molar-refractivity contribution in [2.75, 3.05) is 49.2 Å². The summed E-state index contributed by atoms with van der Waals surface area (Å²) in [4.78, 5) is 17.9. The Morgan fingerprint density at radius 3 is 2.71 bits per heavy atom. The molecule has 0 aliphatic carbocycles. The number of piperidine rings is 1. The maximum atomic E-state index is 6.60. The van der Waals surface area contributed by atoms with E-state index in [1.165, 1.54) is 0 Å². The van der Waals surface area contributed by atoms with Crippen LogP contribution in [0.15, 0.2) is 18.5 Å². The van der Waals surface area contributed by atoms with Crippen LogP contribution in [0, 0.1) is 0 Å². The molecule has 11 heteroatoms. The zero-order valence-electron chi connectivity index (χ0n) is 17.3. The number of fused-ring (bicyclic) bond motifs is 1. The Hall–Kier alpha value is -2.69. The summed E-state index contributed by atoms with van der Waals surface area (Å²) in [7, 11) is 0. The molecule has 3 aromatic rings. The van der Waals surface area contributed by atoms with Crippen LogP contribution in [-0.2, 0) is 4.74 Å². The van der Waals surface area contributed by atoms with Crippen LogP contribution in [-0.4, -0.2) is 70.1 Å². The minimum Gasteiger partial charge on any atom is -0.434 e. The first-order valence-electron chi connectivity index (χ1n) is 10.4. The number of hydrogen-bond donors (Lipinski definition) is 2. The van der Waals surface area contributed by atoms with E-state index in [1.807, 2.05) is 0 Å². The molecular formula is C20H25ClN8O2. The highest BCUT2D eigenvalue weighted by molar-refractivity contribution is 6.34. The summed E-state index contributed by atoms with van der Waals surface area (Å²) in [6, 6.07) is 1.71. The van der Waals surface area contributed by atoms with Crippen molar-refractivity contribution in [3.63, 3.8) is 0 Å². The molecule has 0 amide bonds. The van der Waals surface area contributed by atoms with E-state index in [1.54, 1.807) is 18.5 Å². The summed E-state index contributed by atoms with van der Waals surface area (Å²) in [5.74, 6) is 2.27. The Balaban J connectivity index is 1.37. The van der Waals surface area contributed by atoms with Crippen molar-refractivity contribution in [1.29, 1.82) is 0 Å². The molecule has 10 nitrogen and oxygen atoms in total. The van der Waals surface area contributed by atoms with E-state index in [9.17, 15) is 0 Å². The Bertz CT molecular complexity index is 1070. The standard InChI is InChI=1S/C20H25ClN8O2/c1-20(22)3-6-28(7-4-20)14-12-24-16-17(25-14)26-27-19(16)31-13-2-5-23-18(15(13)21)29-8-10-30-11-9-29/h2,5,12H,3-4,6-11,22H2,1H3,(H,25,26,27). The van der Waals surface area contributed by atoms with Crippen molar-refractivity contribution >= 4 is 34.4 Å². The van der Waals surface area contributed by atoms with E-state index in [2.05, 4.69) is 41.9 Å². The normalized spacial score (nSPS) is 19.1. The van der Waals surface area contributed by atoms with Gasteiger partial charge in [-0.15, -0.1) is 5.10 Å². The number of halogens is 1. The molecule has 3 N–H and O–H groups in total. The molecular weight excluding hydrogens is 420 g/mol. The van der Waals surface area contributed by atoms with Gasteiger partial charge in [0.2, 0.25) is 0 Å². The molecule has 31 heavy (non-hydrogen) atoms. The first kappa shape index (κ1) is 20.2. The zero-order chi connectivity index (χ0) is 21.4.